The molecule has 0 aliphatic carbocycles. The lowest BCUT2D eigenvalue weighted by atomic mass is 10.0. The van der Waals surface area contributed by atoms with Crippen LogP contribution in [0.2, 0.25) is 0 Å². The minimum absolute atomic E-state index is 0.0563. The third kappa shape index (κ3) is 4.63. The van der Waals surface area contributed by atoms with Crippen LogP contribution in [0, 0.1) is 0 Å². The molecule has 2 aromatic rings. The minimum Gasteiger partial charge on any atom is -0.354 e. The van der Waals surface area contributed by atoms with Crippen LogP contribution in [0.5, 0.6) is 0 Å². The van der Waals surface area contributed by atoms with Gasteiger partial charge in [0.15, 0.2) is 0 Å². The number of aromatic nitrogens is 1. The van der Waals surface area contributed by atoms with Crippen LogP contribution in [0.25, 0.3) is 9.88 Å². The minimum atomic E-state index is 0.0563. The number of thiophene rings is 1. The van der Waals surface area contributed by atoms with E-state index in [0.29, 0.717) is 19.0 Å². The number of nitrogens with two attached hydrogens (primary N) is 1. The number of piperidine rings is 1. The molecule has 0 spiro atoms. The molecule has 1 atom stereocenters. The molecule has 1 saturated heterocycles. The van der Waals surface area contributed by atoms with Crippen molar-refractivity contribution in [1.29, 1.82) is 0 Å². The first-order chi connectivity index (χ1) is 11.8. The summed E-state index contributed by atoms with van der Waals surface area (Å²) < 4.78 is 0. The molecular formula is C17H24N4OS2. The number of nitrogens with one attached hydrogen (secondary N) is 1. The van der Waals surface area contributed by atoms with Crippen molar-refractivity contribution in [1.82, 2.24) is 15.2 Å². The van der Waals surface area contributed by atoms with Crippen LogP contribution in [-0.2, 0) is 11.3 Å². The van der Waals surface area contributed by atoms with E-state index in [-0.39, 0.29) is 5.91 Å². The van der Waals surface area contributed by atoms with Crippen molar-refractivity contribution in [2.24, 2.45) is 5.73 Å². The lowest BCUT2D eigenvalue weighted by Gasteiger charge is -2.35. The van der Waals surface area contributed by atoms with Crippen molar-refractivity contribution in [3.8, 4) is 9.88 Å². The van der Waals surface area contributed by atoms with Gasteiger partial charge in [-0.05, 0) is 30.8 Å². The van der Waals surface area contributed by atoms with Gasteiger partial charge in [0.2, 0.25) is 5.91 Å². The van der Waals surface area contributed by atoms with Gasteiger partial charge in [-0.3, -0.25) is 9.69 Å². The molecule has 24 heavy (non-hydrogen) atoms. The zero-order valence-corrected chi connectivity index (χ0v) is 15.4. The maximum absolute atomic E-state index is 11.7. The molecule has 0 aromatic carbocycles. The number of hydrogen-bond donors (Lipinski definition) is 2. The molecule has 5 nitrogen and oxygen atoms in total. The first kappa shape index (κ1) is 17.5. The molecule has 1 fully saturated rings. The van der Waals surface area contributed by atoms with Gasteiger partial charge in [0.05, 0.1) is 4.88 Å². The summed E-state index contributed by atoms with van der Waals surface area (Å²) in [4.78, 5) is 21.2. The molecule has 7 heteroatoms. The summed E-state index contributed by atoms with van der Waals surface area (Å²) in [6.45, 7) is 3.13. The van der Waals surface area contributed by atoms with Gasteiger partial charge >= 0.3 is 0 Å². The van der Waals surface area contributed by atoms with E-state index in [1.165, 1.54) is 22.6 Å². The Morgan fingerprint density at radius 1 is 1.46 bits per heavy atom. The fraction of sp³-hybridized carbons (Fsp3) is 0.529. The molecule has 3 N–H and O–H groups in total. The molecule has 1 aliphatic rings. The Balaban J connectivity index is 1.58. The smallest absolute Gasteiger partial charge is 0.221 e. The Morgan fingerprint density at radius 2 is 2.38 bits per heavy atom. The Kier molecular flexibility index (Phi) is 6.37. The second-order valence-corrected chi connectivity index (χ2v) is 8.13. The monoisotopic (exact) mass is 364 g/mol. The number of hydrogen-bond acceptors (Lipinski definition) is 6. The Morgan fingerprint density at radius 3 is 3.17 bits per heavy atom. The number of carbonyl (C=O) groups excluding carboxylic acids is 1. The molecule has 0 saturated carbocycles. The Hall–Kier alpha value is -1.28. The lowest BCUT2D eigenvalue weighted by Crippen LogP contribution is -2.46. The summed E-state index contributed by atoms with van der Waals surface area (Å²) in [5, 5.41) is 6.21. The van der Waals surface area contributed by atoms with Gasteiger partial charge in [0.1, 0.15) is 5.01 Å². The van der Waals surface area contributed by atoms with E-state index in [9.17, 15) is 4.79 Å². The predicted octanol–water partition coefficient (Wildman–Crippen LogP) is 2.69. The van der Waals surface area contributed by atoms with Crippen LogP contribution in [0.1, 0.15) is 30.6 Å². The van der Waals surface area contributed by atoms with Crippen LogP contribution in [-0.4, -0.2) is 41.5 Å². The molecule has 1 amide bonds. The maximum atomic E-state index is 11.7. The summed E-state index contributed by atoms with van der Waals surface area (Å²) >= 11 is 3.50. The molecule has 1 unspecified atom stereocenters. The summed E-state index contributed by atoms with van der Waals surface area (Å²) in [5.74, 6) is 0.0563. The van der Waals surface area contributed by atoms with Crippen LogP contribution >= 0.6 is 22.7 Å². The first-order valence-corrected chi connectivity index (χ1v) is 10.2. The highest BCUT2D eigenvalue weighted by molar-refractivity contribution is 7.20. The van der Waals surface area contributed by atoms with Gasteiger partial charge in [-0.1, -0.05) is 12.5 Å². The largest absolute Gasteiger partial charge is 0.354 e. The van der Waals surface area contributed by atoms with Crippen LogP contribution in [0.4, 0.5) is 0 Å². The lowest BCUT2D eigenvalue weighted by molar-refractivity contribution is -0.121. The van der Waals surface area contributed by atoms with Gasteiger partial charge in [0.25, 0.3) is 0 Å². The second kappa shape index (κ2) is 8.71. The van der Waals surface area contributed by atoms with Crippen LogP contribution < -0.4 is 11.1 Å². The topological polar surface area (TPSA) is 71.2 Å². The van der Waals surface area contributed by atoms with Gasteiger partial charge in [-0.25, -0.2) is 4.98 Å². The number of nitrogens with zero attached hydrogens (tertiary/aromatic N) is 2. The van der Waals surface area contributed by atoms with Crippen molar-refractivity contribution in [2.45, 2.75) is 38.3 Å². The van der Waals surface area contributed by atoms with Crippen LogP contribution in [0.15, 0.2) is 23.7 Å². The van der Waals surface area contributed by atoms with Crippen molar-refractivity contribution < 1.29 is 4.79 Å². The number of amides is 1. The Bertz CT molecular complexity index is 641. The molecule has 130 valence electrons. The second-order valence-electron chi connectivity index (χ2n) is 6.07. The highest BCUT2D eigenvalue weighted by Gasteiger charge is 2.23. The third-order valence-electron chi connectivity index (χ3n) is 4.30. The summed E-state index contributed by atoms with van der Waals surface area (Å²) in [5.41, 5.74) is 5.43. The number of likely N-dealkylation sites (tertiary alicyclic amines) is 1. The van der Waals surface area contributed by atoms with Crippen LogP contribution in [0.3, 0.4) is 0 Å². The average molecular weight is 365 g/mol. The average Bonchev–Trinajstić information content (AvgIpc) is 3.25. The summed E-state index contributed by atoms with van der Waals surface area (Å²) in [7, 11) is 0. The summed E-state index contributed by atoms with van der Waals surface area (Å²) in [6, 6.07) is 4.59. The molecule has 3 heterocycles. The van der Waals surface area contributed by atoms with Gasteiger partial charge in [-0.15, -0.1) is 22.7 Å². The SMILES string of the molecule is NCCC(=O)NCC1CCCCN1Cc1cnc(-c2cccs2)s1. The van der Waals surface area contributed by atoms with Crippen molar-refractivity contribution in [2.75, 3.05) is 19.6 Å². The van der Waals surface area contributed by atoms with Crippen molar-refractivity contribution >= 4 is 28.6 Å². The van der Waals surface area contributed by atoms with Gasteiger partial charge in [-0.2, -0.15) is 0 Å². The van der Waals surface area contributed by atoms with E-state index >= 15 is 0 Å². The van der Waals surface area contributed by atoms with E-state index in [2.05, 4.69) is 32.7 Å². The molecule has 2 aromatic heterocycles. The molecule has 3 rings (SSSR count). The zero-order chi connectivity index (χ0) is 16.8. The fourth-order valence-electron chi connectivity index (χ4n) is 3.05. The normalized spacial score (nSPS) is 18.6. The zero-order valence-electron chi connectivity index (χ0n) is 13.7. The van der Waals surface area contributed by atoms with Crippen molar-refractivity contribution in [3.63, 3.8) is 0 Å². The van der Waals surface area contributed by atoms with Gasteiger partial charge < -0.3 is 11.1 Å². The number of carbonyl (C=O) groups is 1. The van der Waals surface area contributed by atoms with Gasteiger partial charge in [0, 0.05) is 43.2 Å². The van der Waals surface area contributed by atoms with E-state index in [1.54, 1.807) is 22.7 Å². The number of thiazole rings is 1. The van der Waals surface area contributed by atoms with E-state index in [4.69, 9.17) is 5.73 Å². The third-order valence-corrected chi connectivity index (χ3v) is 6.32. The van der Waals surface area contributed by atoms with E-state index in [0.717, 1.165) is 31.1 Å². The highest BCUT2D eigenvalue weighted by Crippen LogP contribution is 2.30. The van der Waals surface area contributed by atoms with E-state index in [1.807, 2.05) is 6.20 Å². The Labute approximate surface area is 150 Å². The standard InChI is InChI=1S/C17H24N4OS2/c18-7-6-16(22)19-10-13-4-1-2-8-21(13)12-14-11-20-17(24-14)15-5-3-9-23-15/h3,5,9,11,13H,1-2,4,6-8,10,12,18H2,(H,19,22). The predicted molar refractivity (Wildman–Crippen MR) is 100 cm³/mol. The van der Waals surface area contributed by atoms with Crippen molar-refractivity contribution in [3.05, 3.63) is 28.6 Å². The quantitative estimate of drug-likeness (QED) is 0.792. The summed E-state index contributed by atoms with van der Waals surface area (Å²) in [6.07, 6.45) is 6.00. The first-order valence-electron chi connectivity index (χ1n) is 8.45. The highest BCUT2D eigenvalue weighted by atomic mass is 32.1. The molecule has 0 radical (unpaired) electrons. The number of rotatable bonds is 7. The fourth-order valence-corrected chi connectivity index (χ4v) is 4.79. The molecule has 1 aliphatic heterocycles. The van der Waals surface area contributed by atoms with E-state index < -0.39 is 0 Å². The molecular weight excluding hydrogens is 340 g/mol. The molecule has 0 bridgehead atoms. The maximum Gasteiger partial charge on any atom is 0.221 e.